The van der Waals surface area contributed by atoms with Gasteiger partial charge in [0.15, 0.2) is 0 Å². The molecule has 6 nitrogen and oxygen atoms in total. The minimum Gasteiger partial charge on any atom is -0.379 e. The zero-order valence-electron chi connectivity index (χ0n) is 16.3. The van der Waals surface area contributed by atoms with Crippen LogP contribution in [0, 0.1) is 0 Å². The minimum absolute atomic E-state index is 0.0300. The summed E-state index contributed by atoms with van der Waals surface area (Å²) in [4.78, 5) is 31.9. The van der Waals surface area contributed by atoms with Gasteiger partial charge in [-0.15, -0.1) is 11.8 Å². The Bertz CT molecular complexity index is 947. The lowest BCUT2D eigenvalue weighted by molar-refractivity contribution is -0.124. The van der Waals surface area contributed by atoms with Crippen LogP contribution in [0.4, 0.5) is 11.4 Å². The molecule has 0 saturated carbocycles. The first-order valence-electron chi connectivity index (χ1n) is 9.91. The van der Waals surface area contributed by atoms with E-state index >= 15 is 0 Å². The smallest absolute Gasteiger partial charge is 0.269 e. The third-order valence-electron chi connectivity index (χ3n) is 5.78. The summed E-state index contributed by atoms with van der Waals surface area (Å²) in [5, 5.41) is -0.296. The fourth-order valence-corrected chi connectivity index (χ4v) is 5.93. The van der Waals surface area contributed by atoms with E-state index in [9.17, 15) is 9.59 Å². The average molecular weight is 410 g/mol. The molecule has 2 atom stereocenters. The number of fused-ring (bicyclic) bond motifs is 2. The van der Waals surface area contributed by atoms with Gasteiger partial charge in [0.05, 0.1) is 30.8 Å². The Balaban J connectivity index is 1.62. The molecule has 5 rings (SSSR count). The third kappa shape index (κ3) is 2.79. The summed E-state index contributed by atoms with van der Waals surface area (Å²) >= 11 is 1.45. The Hall–Kier alpha value is -2.35. The van der Waals surface area contributed by atoms with Crippen molar-refractivity contribution in [3.8, 4) is 0 Å². The number of rotatable bonds is 3. The molecule has 0 radical (unpaired) electrons. The molecular weight excluding hydrogens is 386 g/mol. The largest absolute Gasteiger partial charge is 0.379 e. The lowest BCUT2D eigenvalue weighted by atomic mass is 10.0. The Labute approximate surface area is 174 Å². The second-order valence-electron chi connectivity index (χ2n) is 7.54. The molecule has 0 bridgehead atoms. The highest BCUT2D eigenvalue weighted by molar-refractivity contribution is 8.03. The molecule has 7 heteroatoms. The third-order valence-corrected chi connectivity index (χ3v) is 7.26. The number of carbonyl (C=O) groups excluding carboxylic acids is 2. The number of morpholine rings is 1. The van der Waals surface area contributed by atoms with Crippen LogP contribution in [-0.4, -0.2) is 54.9 Å². The van der Waals surface area contributed by atoms with Crippen LogP contribution in [0.25, 0.3) is 0 Å². The molecule has 2 aromatic rings. The van der Waals surface area contributed by atoms with Crippen molar-refractivity contribution < 1.29 is 14.3 Å². The van der Waals surface area contributed by atoms with Gasteiger partial charge in [0.2, 0.25) is 10.8 Å². The number of para-hydroxylation sites is 2. The van der Waals surface area contributed by atoms with Crippen molar-refractivity contribution in [2.45, 2.75) is 17.0 Å². The molecule has 1 spiro atoms. The van der Waals surface area contributed by atoms with Crippen LogP contribution in [-0.2, 0) is 19.2 Å². The van der Waals surface area contributed by atoms with Crippen LogP contribution >= 0.6 is 11.8 Å². The number of thioether (sulfide) groups is 1. The minimum atomic E-state index is -1.05. The van der Waals surface area contributed by atoms with E-state index < -0.39 is 4.87 Å². The van der Waals surface area contributed by atoms with Gasteiger partial charge in [-0.25, -0.2) is 0 Å². The van der Waals surface area contributed by atoms with Gasteiger partial charge >= 0.3 is 0 Å². The van der Waals surface area contributed by atoms with Crippen LogP contribution in [0.2, 0.25) is 0 Å². The molecule has 2 saturated heterocycles. The second kappa shape index (κ2) is 7.16. The number of hydrogen-bond acceptors (Lipinski definition) is 5. The number of nitrogens with zero attached hydrogens (tertiary/aromatic N) is 3. The van der Waals surface area contributed by atoms with E-state index in [1.807, 2.05) is 66.4 Å². The number of hydrogen-bond donors (Lipinski definition) is 0. The zero-order chi connectivity index (χ0) is 20.0. The molecule has 150 valence electrons. The van der Waals surface area contributed by atoms with Crippen LogP contribution in [0.1, 0.15) is 12.5 Å². The SMILES string of the molecule is CC1SC2(C(=O)N(CN3CCOCC3)c3ccccc32)N(c2ccccc2)C1=O. The van der Waals surface area contributed by atoms with Crippen LogP contribution in [0.15, 0.2) is 54.6 Å². The first-order valence-corrected chi connectivity index (χ1v) is 10.8. The predicted molar refractivity (Wildman–Crippen MR) is 114 cm³/mol. The molecule has 29 heavy (non-hydrogen) atoms. The van der Waals surface area contributed by atoms with Crippen molar-refractivity contribution in [1.29, 1.82) is 0 Å². The maximum atomic E-state index is 14.0. The number of ether oxygens (including phenoxy) is 1. The van der Waals surface area contributed by atoms with Crippen LogP contribution < -0.4 is 9.80 Å². The van der Waals surface area contributed by atoms with Crippen LogP contribution in [0.3, 0.4) is 0 Å². The van der Waals surface area contributed by atoms with Crippen molar-refractivity contribution in [2.24, 2.45) is 0 Å². The van der Waals surface area contributed by atoms with Gasteiger partial charge in [-0.2, -0.15) is 0 Å². The van der Waals surface area contributed by atoms with E-state index in [4.69, 9.17) is 4.74 Å². The predicted octanol–water partition coefficient (Wildman–Crippen LogP) is 2.64. The molecule has 3 aliphatic rings. The maximum Gasteiger partial charge on any atom is 0.269 e. The molecule has 0 aromatic heterocycles. The number of amides is 2. The van der Waals surface area contributed by atoms with Gasteiger partial charge in [0.25, 0.3) is 5.91 Å². The normalized spacial score (nSPS) is 27.1. The standard InChI is InChI=1S/C22H23N3O3S/c1-16-20(26)25(17-7-3-2-4-8-17)22(29-16)18-9-5-6-10-19(18)24(21(22)27)15-23-11-13-28-14-12-23/h2-10,16H,11-15H2,1H3. The van der Waals surface area contributed by atoms with Crippen molar-refractivity contribution in [1.82, 2.24) is 4.90 Å². The monoisotopic (exact) mass is 409 g/mol. The van der Waals surface area contributed by atoms with Gasteiger partial charge < -0.3 is 4.74 Å². The topological polar surface area (TPSA) is 53.1 Å². The summed E-state index contributed by atoms with van der Waals surface area (Å²) < 4.78 is 5.45. The summed E-state index contributed by atoms with van der Waals surface area (Å²) in [6, 6.07) is 17.4. The average Bonchev–Trinajstić information content (AvgIpc) is 3.16. The Morgan fingerprint density at radius 3 is 2.48 bits per heavy atom. The molecule has 3 aliphatic heterocycles. The Morgan fingerprint density at radius 1 is 1.03 bits per heavy atom. The van der Waals surface area contributed by atoms with Gasteiger partial charge in [-0.05, 0) is 25.1 Å². The van der Waals surface area contributed by atoms with Gasteiger partial charge in [0.1, 0.15) is 0 Å². The van der Waals surface area contributed by atoms with E-state index in [0.29, 0.717) is 19.9 Å². The highest BCUT2D eigenvalue weighted by atomic mass is 32.2. The number of anilines is 2. The molecule has 0 aliphatic carbocycles. The summed E-state index contributed by atoms with van der Waals surface area (Å²) in [5.74, 6) is -0.0747. The fraction of sp³-hybridized carbons (Fsp3) is 0.364. The Kier molecular flexibility index (Phi) is 4.61. The van der Waals surface area contributed by atoms with E-state index in [-0.39, 0.29) is 17.1 Å². The van der Waals surface area contributed by atoms with Crippen molar-refractivity contribution in [3.63, 3.8) is 0 Å². The van der Waals surface area contributed by atoms with Crippen molar-refractivity contribution >= 4 is 35.0 Å². The van der Waals surface area contributed by atoms with Gasteiger partial charge in [0, 0.05) is 24.3 Å². The Morgan fingerprint density at radius 2 is 1.72 bits per heavy atom. The van der Waals surface area contributed by atoms with E-state index in [0.717, 1.165) is 30.0 Å². The summed E-state index contributed by atoms with van der Waals surface area (Å²) in [6.07, 6.45) is 0. The lowest BCUT2D eigenvalue weighted by Gasteiger charge is -2.34. The first kappa shape index (κ1) is 18.7. The zero-order valence-corrected chi connectivity index (χ0v) is 17.1. The van der Waals surface area contributed by atoms with Crippen molar-refractivity contribution in [2.75, 3.05) is 42.8 Å². The molecular formula is C22H23N3O3S. The van der Waals surface area contributed by atoms with E-state index in [1.165, 1.54) is 11.8 Å². The molecule has 3 heterocycles. The number of carbonyl (C=O) groups is 2. The van der Waals surface area contributed by atoms with Gasteiger partial charge in [-0.3, -0.25) is 24.3 Å². The number of benzene rings is 2. The molecule has 2 unspecified atom stereocenters. The van der Waals surface area contributed by atoms with E-state index in [1.54, 1.807) is 4.90 Å². The highest BCUT2D eigenvalue weighted by Crippen LogP contribution is 2.57. The quantitative estimate of drug-likeness (QED) is 0.780. The molecule has 2 aromatic carbocycles. The molecule has 2 amide bonds. The summed E-state index contributed by atoms with van der Waals surface area (Å²) in [5.41, 5.74) is 2.54. The summed E-state index contributed by atoms with van der Waals surface area (Å²) in [7, 11) is 0. The molecule has 2 fully saturated rings. The first-order chi connectivity index (χ1) is 14.1. The fourth-order valence-electron chi connectivity index (χ4n) is 4.40. The maximum absolute atomic E-state index is 14.0. The summed E-state index contributed by atoms with van der Waals surface area (Å²) in [6.45, 7) is 5.34. The van der Waals surface area contributed by atoms with Crippen molar-refractivity contribution in [3.05, 3.63) is 60.2 Å². The van der Waals surface area contributed by atoms with Crippen LogP contribution in [0.5, 0.6) is 0 Å². The van der Waals surface area contributed by atoms with Gasteiger partial charge in [-0.1, -0.05) is 36.4 Å². The molecule has 0 N–H and O–H groups in total. The van der Waals surface area contributed by atoms with E-state index in [2.05, 4.69) is 4.90 Å². The highest BCUT2D eigenvalue weighted by Gasteiger charge is 2.63. The lowest BCUT2D eigenvalue weighted by Crippen LogP contribution is -2.52. The second-order valence-corrected chi connectivity index (χ2v) is 9.07.